The second-order valence-corrected chi connectivity index (χ2v) is 9.45. The van der Waals surface area contributed by atoms with Crippen LogP contribution in [-0.2, 0) is 22.4 Å². The van der Waals surface area contributed by atoms with E-state index in [2.05, 4.69) is 42.2 Å². The first-order chi connectivity index (χ1) is 19.7. The fraction of sp³-hybridized carbons (Fsp3) is 0.0278. The van der Waals surface area contributed by atoms with Crippen molar-refractivity contribution in [3.8, 4) is 45.5 Å². The first-order valence-electron chi connectivity index (χ1n) is 13.1. The van der Waals surface area contributed by atoms with Crippen molar-refractivity contribution in [1.82, 2.24) is 4.98 Å². The van der Waals surface area contributed by atoms with Crippen molar-refractivity contribution in [3.05, 3.63) is 145 Å². The first kappa shape index (κ1) is 26.6. The van der Waals surface area contributed by atoms with E-state index >= 15 is 0 Å². The van der Waals surface area contributed by atoms with Crippen LogP contribution in [0.2, 0.25) is 0 Å². The van der Waals surface area contributed by atoms with Crippen molar-refractivity contribution in [2.75, 3.05) is 4.90 Å². The third-order valence-corrected chi connectivity index (χ3v) is 6.79. The molecule has 0 saturated heterocycles. The minimum atomic E-state index is 0. The van der Waals surface area contributed by atoms with E-state index in [0.717, 1.165) is 56.6 Å². The van der Waals surface area contributed by atoms with Gasteiger partial charge in [0.05, 0.1) is 11.4 Å². The number of benzene rings is 5. The summed E-state index contributed by atoms with van der Waals surface area (Å²) < 4.78 is 12.5. The Morgan fingerprint density at radius 3 is 2.17 bits per heavy atom. The van der Waals surface area contributed by atoms with Crippen LogP contribution < -0.4 is 14.4 Å². The van der Waals surface area contributed by atoms with Crippen LogP contribution in [0.25, 0.3) is 22.5 Å². The largest absolute Gasteiger partial charge is 3.00 e. The predicted octanol–water partition coefficient (Wildman–Crippen LogP) is 9.49. The molecule has 0 fully saturated rings. The quantitative estimate of drug-likeness (QED) is 0.132. The molecule has 0 spiro atoms. The molecule has 0 amide bonds. The number of pyridine rings is 1. The summed E-state index contributed by atoms with van der Waals surface area (Å²) in [7, 11) is 0. The van der Waals surface area contributed by atoms with Crippen molar-refractivity contribution >= 4 is 17.1 Å². The molecule has 0 saturated carbocycles. The molecule has 1 aliphatic heterocycles. The van der Waals surface area contributed by atoms with Crippen LogP contribution in [0.3, 0.4) is 0 Å². The Balaban J connectivity index is 0.00000302. The Labute approximate surface area is 255 Å². The van der Waals surface area contributed by atoms with Crippen molar-refractivity contribution in [3.63, 3.8) is 0 Å². The number of hydrogen-bond donors (Lipinski definition) is 0. The number of aromatic nitrogens is 1. The zero-order chi connectivity index (χ0) is 26.9. The van der Waals surface area contributed by atoms with Crippen molar-refractivity contribution < 1.29 is 31.9 Å². The maximum absolute atomic E-state index is 6.31. The molecule has 0 atom stereocenters. The van der Waals surface area contributed by atoms with Gasteiger partial charge in [0.15, 0.2) is 11.5 Å². The summed E-state index contributed by atoms with van der Waals surface area (Å²) in [4.78, 5) is 7.07. The normalized spacial score (nSPS) is 11.5. The van der Waals surface area contributed by atoms with Gasteiger partial charge in [0.1, 0.15) is 0 Å². The Morgan fingerprint density at radius 1 is 0.683 bits per heavy atom. The molecule has 4 nitrogen and oxygen atoms in total. The molecule has 41 heavy (non-hydrogen) atoms. The Morgan fingerprint density at radius 2 is 1.41 bits per heavy atom. The zero-order valence-corrected chi connectivity index (χ0v) is 24.2. The predicted molar refractivity (Wildman–Crippen MR) is 158 cm³/mol. The number of para-hydroxylation sites is 4. The van der Waals surface area contributed by atoms with Gasteiger partial charge in [0.25, 0.3) is 0 Å². The van der Waals surface area contributed by atoms with Crippen LogP contribution >= 0.6 is 0 Å². The SMILES string of the molecule is Cc1ccc(Oc2[c-]ccc(N3c4ccccc4Oc4ccccc43)c2)[c-]c1-c1cccc(-c2[c-]cccc2)n1.[Au+3]. The molecule has 2 heterocycles. The van der Waals surface area contributed by atoms with Gasteiger partial charge >= 0.3 is 22.4 Å². The van der Waals surface area contributed by atoms with E-state index in [1.807, 2.05) is 109 Å². The summed E-state index contributed by atoms with van der Waals surface area (Å²) in [5.41, 5.74) is 7.47. The van der Waals surface area contributed by atoms with E-state index in [9.17, 15) is 0 Å². The van der Waals surface area contributed by atoms with Crippen molar-refractivity contribution in [2.45, 2.75) is 6.92 Å². The summed E-state index contributed by atoms with van der Waals surface area (Å²) >= 11 is 0. The number of fused-ring (bicyclic) bond motifs is 2. The summed E-state index contributed by atoms with van der Waals surface area (Å²) in [6.45, 7) is 2.05. The maximum Gasteiger partial charge on any atom is 3.00 e. The molecule has 0 N–H and O–H groups in total. The molecule has 0 aliphatic carbocycles. The maximum atomic E-state index is 6.31. The molecular weight excluding hydrogens is 689 g/mol. The molecule has 0 radical (unpaired) electrons. The molecule has 1 aromatic heterocycles. The van der Waals surface area contributed by atoms with Gasteiger partial charge in [-0.1, -0.05) is 61.1 Å². The molecule has 1 aliphatic rings. The van der Waals surface area contributed by atoms with Gasteiger partial charge in [0.2, 0.25) is 0 Å². The third kappa shape index (κ3) is 5.29. The minimum Gasteiger partial charge on any atom is -0.503 e. The fourth-order valence-corrected chi connectivity index (χ4v) is 4.88. The Bertz CT molecular complexity index is 1790. The molecule has 5 aromatic carbocycles. The van der Waals surface area contributed by atoms with Gasteiger partial charge in [-0.15, -0.1) is 77.4 Å². The van der Waals surface area contributed by atoms with E-state index in [-0.39, 0.29) is 22.4 Å². The first-order valence-corrected chi connectivity index (χ1v) is 13.1. The van der Waals surface area contributed by atoms with E-state index < -0.39 is 0 Å². The van der Waals surface area contributed by atoms with E-state index in [1.165, 1.54) is 0 Å². The molecular formula is C36H23AuN2O2. The van der Waals surface area contributed by atoms with Gasteiger partial charge in [0, 0.05) is 11.5 Å². The molecule has 0 unspecified atom stereocenters. The smallest absolute Gasteiger partial charge is 0.503 e. The monoisotopic (exact) mass is 712 g/mol. The van der Waals surface area contributed by atoms with Gasteiger partial charge in [-0.05, 0) is 35.7 Å². The Hall–Kier alpha value is -4.61. The van der Waals surface area contributed by atoms with E-state index in [4.69, 9.17) is 14.5 Å². The summed E-state index contributed by atoms with van der Waals surface area (Å²) in [6.07, 6.45) is 0. The number of hydrogen-bond acceptors (Lipinski definition) is 4. The minimum absolute atomic E-state index is 0. The van der Waals surface area contributed by atoms with Crippen LogP contribution in [-0.4, -0.2) is 4.98 Å². The number of nitrogens with zero attached hydrogens (tertiary/aromatic N) is 2. The molecule has 5 heteroatoms. The van der Waals surface area contributed by atoms with Gasteiger partial charge in [-0.2, -0.15) is 6.07 Å². The van der Waals surface area contributed by atoms with Crippen LogP contribution in [0.5, 0.6) is 23.0 Å². The average Bonchev–Trinajstić information content (AvgIpc) is 3.01. The van der Waals surface area contributed by atoms with E-state index in [1.54, 1.807) is 0 Å². The van der Waals surface area contributed by atoms with E-state index in [0.29, 0.717) is 11.5 Å². The molecule has 7 rings (SSSR count). The topological polar surface area (TPSA) is 34.6 Å². The standard InChI is InChI=1S/C36H23N2O2.Au/c1-25-21-22-29(24-30(25)32-16-10-15-31(37-32)26-11-3-2-4-12-26)39-28-14-9-13-27(23-28)38-33-17-5-7-19-35(33)40-36-20-8-6-18-34(36)38;/h2-11,13,15-23H,1H3;/q-3;+3. The average molecular weight is 713 g/mol. The van der Waals surface area contributed by atoms with Crippen LogP contribution in [0.1, 0.15) is 5.56 Å². The molecule has 200 valence electrons. The summed E-state index contributed by atoms with van der Waals surface area (Å²) in [5.74, 6) is 2.78. The van der Waals surface area contributed by atoms with Crippen LogP contribution in [0.15, 0.2) is 121 Å². The van der Waals surface area contributed by atoms with Gasteiger partial charge in [-0.25, -0.2) is 0 Å². The van der Waals surface area contributed by atoms with Gasteiger partial charge < -0.3 is 19.4 Å². The van der Waals surface area contributed by atoms with Crippen LogP contribution in [0.4, 0.5) is 17.1 Å². The molecule has 6 aromatic rings. The second kappa shape index (κ2) is 11.5. The second-order valence-electron chi connectivity index (χ2n) is 9.45. The fourth-order valence-electron chi connectivity index (χ4n) is 4.88. The third-order valence-electron chi connectivity index (χ3n) is 6.79. The number of anilines is 3. The summed E-state index contributed by atoms with van der Waals surface area (Å²) in [6, 6.07) is 49.6. The van der Waals surface area contributed by atoms with Gasteiger partial charge in [-0.3, -0.25) is 0 Å². The number of ether oxygens (including phenoxy) is 2. The number of aryl methyl sites for hydroxylation is 1. The van der Waals surface area contributed by atoms with Crippen LogP contribution in [0, 0.1) is 25.1 Å². The zero-order valence-electron chi connectivity index (χ0n) is 22.1. The van der Waals surface area contributed by atoms with Crippen molar-refractivity contribution in [2.24, 2.45) is 0 Å². The van der Waals surface area contributed by atoms with Crippen molar-refractivity contribution in [1.29, 1.82) is 0 Å². The number of rotatable bonds is 5. The summed E-state index contributed by atoms with van der Waals surface area (Å²) in [5, 5.41) is 0. The Kier molecular flexibility index (Phi) is 7.45. The molecule has 0 bridgehead atoms.